The summed E-state index contributed by atoms with van der Waals surface area (Å²) in [6, 6.07) is 9.85. The molecule has 0 atom stereocenters. The van der Waals surface area contributed by atoms with Crippen molar-refractivity contribution in [2.45, 2.75) is 10.1 Å². The van der Waals surface area contributed by atoms with E-state index in [1.54, 1.807) is 0 Å². The number of amides is 1. The Balaban J connectivity index is 1.53. The van der Waals surface area contributed by atoms with Crippen LogP contribution in [0.3, 0.4) is 0 Å². The lowest BCUT2D eigenvalue weighted by molar-refractivity contribution is -0.136. The van der Waals surface area contributed by atoms with Gasteiger partial charge in [-0.25, -0.2) is 17.2 Å². The molecule has 1 saturated heterocycles. The molecular formula is C17H15F2NO4S. The lowest BCUT2D eigenvalue weighted by Crippen LogP contribution is -2.57. The maximum absolute atomic E-state index is 12.9. The van der Waals surface area contributed by atoms with Gasteiger partial charge in [0.2, 0.25) is 0 Å². The summed E-state index contributed by atoms with van der Waals surface area (Å²) >= 11 is 0. The molecule has 0 spiro atoms. The lowest BCUT2D eigenvalue weighted by Gasteiger charge is -2.38. The maximum atomic E-state index is 12.9. The molecule has 2 aromatic carbocycles. The van der Waals surface area contributed by atoms with Crippen LogP contribution in [-0.2, 0) is 14.6 Å². The number of rotatable bonds is 5. The first kappa shape index (κ1) is 17.3. The van der Waals surface area contributed by atoms with Gasteiger partial charge in [0.05, 0.1) is 4.90 Å². The number of nitrogens with zero attached hydrogens (tertiary/aromatic N) is 1. The Morgan fingerprint density at radius 2 is 1.52 bits per heavy atom. The van der Waals surface area contributed by atoms with Crippen molar-refractivity contribution < 1.29 is 26.7 Å². The van der Waals surface area contributed by atoms with E-state index in [2.05, 4.69) is 0 Å². The van der Waals surface area contributed by atoms with Gasteiger partial charge in [-0.1, -0.05) is 0 Å². The average Bonchev–Trinajstić information content (AvgIpc) is 2.53. The van der Waals surface area contributed by atoms with E-state index in [0.29, 0.717) is 5.75 Å². The molecule has 0 aromatic heterocycles. The third kappa shape index (κ3) is 3.79. The summed E-state index contributed by atoms with van der Waals surface area (Å²) in [6.45, 7) is -0.133. The number of carbonyl (C=O) groups excluding carboxylic acids is 1. The van der Waals surface area contributed by atoms with Crippen LogP contribution in [0.1, 0.15) is 0 Å². The van der Waals surface area contributed by atoms with Gasteiger partial charge >= 0.3 is 0 Å². The molecule has 1 aliphatic heterocycles. The van der Waals surface area contributed by atoms with Crippen LogP contribution in [0.25, 0.3) is 0 Å². The van der Waals surface area contributed by atoms with Gasteiger partial charge in [0, 0.05) is 13.1 Å². The summed E-state index contributed by atoms with van der Waals surface area (Å²) in [4.78, 5) is 13.4. The highest BCUT2D eigenvalue weighted by Gasteiger charge is 2.40. The topological polar surface area (TPSA) is 63.7 Å². The van der Waals surface area contributed by atoms with Crippen LogP contribution in [0.2, 0.25) is 0 Å². The molecule has 25 heavy (non-hydrogen) atoms. The van der Waals surface area contributed by atoms with Gasteiger partial charge in [-0.3, -0.25) is 4.79 Å². The molecule has 0 N–H and O–H groups in total. The van der Waals surface area contributed by atoms with E-state index in [-0.39, 0.29) is 30.5 Å². The molecule has 0 saturated carbocycles. The summed E-state index contributed by atoms with van der Waals surface area (Å²) in [5, 5.41) is -0.715. The fourth-order valence-corrected chi connectivity index (χ4v) is 4.07. The van der Waals surface area contributed by atoms with Crippen molar-refractivity contribution in [1.82, 2.24) is 4.90 Å². The fraction of sp³-hybridized carbons (Fsp3) is 0.235. The van der Waals surface area contributed by atoms with Crippen molar-refractivity contribution >= 4 is 15.7 Å². The summed E-state index contributed by atoms with van der Waals surface area (Å²) in [7, 11) is -3.60. The highest BCUT2D eigenvalue weighted by Crippen LogP contribution is 2.24. The van der Waals surface area contributed by atoms with Crippen molar-refractivity contribution in [3.05, 3.63) is 60.2 Å². The van der Waals surface area contributed by atoms with Gasteiger partial charge in [0.15, 0.2) is 16.4 Å². The Labute approximate surface area is 143 Å². The van der Waals surface area contributed by atoms with Crippen molar-refractivity contribution in [3.8, 4) is 5.75 Å². The van der Waals surface area contributed by atoms with E-state index in [0.717, 1.165) is 12.1 Å². The Morgan fingerprint density at radius 1 is 1.00 bits per heavy atom. The van der Waals surface area contributed by atoms with Gasteiger partial charge in [0.25, 0.3) is 5.91 Å². The molecule has 0 unspecified atom stereocenters. The van der Waals surface area contributed by atoms with Crippen LogP contribution in [0.4, 0.5) is 8.78 Å². The van der Waals surface area contributed by atoms with Crippen LogP contribution in [0.5, 0.6) is 5.75 Å². The SMILES string of the molecule is O=C(COc1ccc(F)cc1)N1CC(S(=O)(=O)c2ccc(F)cc2)C1. The van der Waals surface area contributed by atoms with Gasteiger partial charge in [-0.05, 0) is 48.5 Å². The summed E-state index contributed by atoms with van der Waals surface area (Å²) in [6.07, 6.45) is 0. The number of sulfone groups is 1. The zero-order valence-electron chi connectivity index (χ0n) is 13.1. The molecule has 1 fully saturated rings. The molecule has 5 nitrogen and oxygen atoms in total. The second kappa shape index (κ2) is 6.79. The Bertz CT molecular complexity index is 861. The van der Waals surface area contributed by atoms with E-state index in [1.165, 1.54) is 41.3 Å². The average molecular weight is 367 g/mol. The minimum absolute atomic E-state index is 0.0357. The van der Waals surface area contributed by atoms with Crippen LogP contribution >= 0.6 is 0 Å². The summed E-state index contributed by atoms with van der Waals surface area (Å²) in [5.74, 6) is -0.918. The van der Waals surface area contributed by atoms with Crippen molar-refractivity contribution in [2.75, 3.05) is 19.7 Å². The first-order valence-electron chi connectivity index (χ1n) is 7.52. The molecule has 1 amide bonds. The highest BCUT2D eigenvalue weighted by molar-refractivity contribution is 7.92. The van der Waals surface area contributed by atoms with E-state index in [1.807, 2.05) is 0 Å². The molecule has 132 valence electrons. The largest absolute Gasteiger partial charge is 0.484 e. The Hall–Kier alpha value is -2.48. The van der Waals surface area contributed by atoms with Crippen LogP contribution in [0.15, 0.2) is 53.4 Å². The second-order valence-corrected chi connectivity index (χ2v) is 7.89. The number of hydrogen-bond acceptors (Lipinski definition) is 4. The second-order valence-electron chi connectivity index (χ2n) is 5.66. The predicted octanol–water partition coefficient (Wildman–Crippen LogP) is 2.03. The fourth-order valence-electron chi connectivity index (χ4n) is 2.42. The normalized spacial score (nSPS) is 14.9. The molecule has 0 radical (unpaired) electrons. The van der Waals surface area contributed by atoms with Gasteiger partial charge in [-0.2, -0.15) is 0 Å². The van der Waals surface area contributed by atoms with Gasteiger partial charge < -0.3 is 9.64 Å². The van der Waals surface area contributed by atoms with E-state index in [4.69, 9.17) is 4.74 Å². The third-order valence-electron chi connectivity index (χ3n) is 3.96. The zero-order chi connectivity index (χ0) is 18.0. The standard InChI is InChI=1S/C17H15F2NO4S/c18-12-1-5-14(6-2-12)24-11-17(21)20-9-16(10-20)25(22,23)15-7-3-13(19)4-8-15/h1-8,16H,9-11H2. The van der Waals surface area contributed by atoms with Crippen molar-refractivity contribution in [2.24, 2.45) is 0 Å². The molecule has 1 aliphatic rings. The van der Waals surface area contributed by atoms with Crippen LogP contribution < -0.4 is 4.74 Å². The maximum Gasteiger partial charge on any atom is 0.260 e. The molecule has 0 bridgehead atoms. The summed E-state index contributed by atoms with van der Waals surface area (Å²) in [5.41, 5.74) is 0. The van der Waals surface area contributed by atoms with Crippen LogP contribution in [-0.4, -0.2) is 44.2 Å². The van der Waals surface area contributed by atoms with E-state index >= 15 is 0 Å². The Morgan fingerprint density at radius 3 is 2.08 bits per heavy atom. The minimum atomic E-state index is -3.60. The smallest absolute Gasteiger partial charge is 0.260 e. The highest BCUT2D eigenvalue weighted by atomic mass is 32.2. The van der Waals surface area contributed by atoms with E-state index < -0.39 is 26.7 Å². The molecule has 0 aliphatic carbocycles. The number of ether oxygens (including phenoxy) is 1. The van der Waals surface area contributed by atoms with Gasteiger partial charge in [0.1, 0.15) is 22.6 Å². The molecule has 3 rings (SSSR count). The number of hydrogen-bond donors (Lipinski definition) is 0. The van der Waals surface area contributed by atoms with Crippen molar-refractivity contribution in [1.29, 1.82) is 0 Å². The predicted molar refractivity (Wildman–Crippen MR) is 85.8 cm³/mol. The first-order valence-corrected chi connectivity index (χ1v) is 9.06. The summed E-state index contributed by atoms with van der Waals surface area (Å²) < 4.78 is 55.7. The van der Waals surface area contributed by atoms with Crippen LogP contribution in [0, 0.1) is 11.6 Å². The number of likely N-dealkylation sites (tertiary alicyclic amines) is 1. The van der Waals surface area contributed by atoms with E-state index in [9.17, 15) is 22.0 Å². The molecule has 8 heteroatoms. The number of halogens is 2. The first-order chi connectivity index (χ1) is 11.9. The third-order valence-corrected chi connectivity index (χ3v) is 6.06. The van der Waals surface area contributed by atoms with Crippen molar-refractivity contribution in [3.63, 3.8) is 0 Å². The number of benzene rings is 2. The molecule has 2 aromatic rings. The quantitative estimate of drug-likeness (QED) is 0.759. The zero-order valence-corrected chi connectivity index (χ0v) is 13.9. The molecule has 1 heterocycles. The molecular weight excluding hydrogens is 352 g/mol. The Kier molecular flexibility index (Phi) is 4.71. The van der Waals surface area contributed by atoms with Gasteiger partial charge in [-0.15, -0.1) is 0 Å². The lowest BCUT2D eigenvalue weighted by atomic mass is 10.2. The number of carbonyl (C=O) groups is 1. The monoisotopic (exact) mass is 367 g/mol. The minimum Gasteiger partial charge on any atom is -0.484 e.